The van der Waals surface area contributed by atoms with Crippen molar-refractivity contribution in [2.75, 3.05) is 6.61 Å². The molecule has 0 amide bonds. The van der Waals surface area contributed by atoms with Gasteiger partial charge in [0.05, 0.1) is 6.61 Å². The van der Waals surface area contributed by atoms with Crippen molar-refractivity contribution in [1.29, 1.82) is 0 Å². The second-order valence-corrected chi connectivity index (χ2v) is 7.88. The number of aryl methyl sites for hydroxylation is 1. The van der Waals surface area contributed by atoms with Gasteiger partial charge >= 0.3 is 0 Å². The predicted molar refractivity (Wildman–Crippen MR) is 85.3 cm³/mol. The number of rotatable bonds is 5. The van der Waals surface area contributed by atoms with Gasteiger partial charge in [-0.2, -0.15) is 0 Å². The third-order valence-electron chi connectivity index (χ3n) is 4.48. The van der Waals surface area contributed by atoms with Gasteiger partial charge in [-0.3, -0.25) is 0 Å². The number of aliphatic hydroxyl groups is 1. The minimum absolute atomic E-state index is 0.0130. The molecule has 110 valence electrons. The summed E-state index contributed by atoms with van der Waals surface area (Å²) in [5.74, 6) is 0. The lowest BCUT2D eigenvalue weighted by atomic mass is 9.82. The van der Waals surface area contributed by atoms with E-state index in [0.29, 0.717) is 11.3 Å². The minimum Gasteiger partial charge on any atom is -0.394 e. The van der Waals surface area contributed by atoms with Crippen LogP contribution < -0.4 is 5.32 Å². The fraction of sp³-hybridized carbons (Fsp3) is 0.647. The topological polar surface area (TPSA) is 32.3 Å². The summed E-state index contributed by atoms with van der Waals surface area (Å²) < 4.78 is 0. The van der Waals surface area contributed by atoms with Gasteiger partial charge in [0.15, 0.2) is 0 Å². The zero-order valence-corrected chi connectivity index (χ0v) is 13.1. The van der Waals surface area contributed by atoms with Crippen LogP contribution in [0.2, 0.25) is 0 Å². The molecular formula is C17H25NOS. The first-order valence-corrected chi connectivity index (χ1v) is 8.69. The van der Waals surface area contributed by atoms with Gasteiger partial charge < -0.3 is 10.4 Å². The van der Waals surface area contributed by atoms with Crippen LogP contribution in [0.25, 0.3) is 0 Å². The lowest BCUT2D eigenvalue weighted by molar-refractivity contribution is 0.122. The van der Waals surface area contributed by atoms with E-state index < -0.39 is 0 Å². The van der Waals surface area contributed by atoms with Crippen molar-refractivity contribution < 1.29 is 5.11 Å². The summed E-state index contributed by atoms with van der Waals surface area (Å²) in [6, 6.07) is 9.44. The summed E-state index contributed by atoms with van der Waals surface area (Å²) in [6.45, 7) is 2.44. The first-order chi connectivity index (χ1) is 9.69. The van der Waals surface area contributed by atoms with Crippen LogP contribution in [-0.4, -0.2) is 28.5 Å². The smallest absolute Gasteiger partial charge is 0.0613 e. The third kappa shape index (κ3) is 3.57. The Kier molecular flexibility index (Phi) is 4.39. The summed E-state index contributed by atoms with van der Waals surface area (Å²) >= 11 is 1.99. The molecule has 1 aromatic carbocycles. The number of benzene rings is 1. The van der Waals surface area contributed by atoms with Gasteiger partial charge in [0.2, 0.25) is 0 Å². The molecule has 0 bridgehead atoms. The average molecular weight is 291 g/mol. The summed E-state index contributed by atoms with van der Waals surface area (Å²) in [4.78, 5) is 1.37. The standard InChI is InChI=1S/C17H25NOS/c1-13-4-2-5-15(10-13)20-16-6-3-9-17(11-16,12-19)18-14-7-8-14/h2,4-5,10,14,16,18-19H,3,6-9,11-12H2,1H3. The van der Waals surface area contributed by atoms with Crippen LogP contribution in [0.4, 0.5) is 0 Å². The fourth-order valence-corrected chi connectivity index (χ4v) is 4.75. The molecular weight excluding hydrogens is 266 g/mol. The van der Waals surface area contributed by atoms with E-state index >= 15 is 0 Å². The van der Waals surface area contributed by atoms with Crippen LogP contribution in [0.1, 0.15) is 44.1 Å². The Morgan fingerprint density at radius 1 is 1.35 bits per heavy atom. The SMILES string of the molecule is Cc1cccc(SC2CCCC(CO)(NC3CC3)C2)c1. The number of nitrogens with one attached hydrogen (secondary N) is 1. The van der Waals surface area contributed by atoms with E-state index in [1.54, 1.807) is 0 Å². The molecule has 2 saturated carbocycles. The molecule has 0 aliphatic heterocycles. The van der Waals surface area contributed by atoms with Crippen LogP contribution in [-0.2, 0) is 0 Å². The van der Waals surface area contributed by atoms with E-state index in [9.17, 15) is 5.11 Å². The molecule has 3 rings (SSSR count). The lowest BCUT2D eigenvalue weighted by Crippen LogP contribution is -2.53. The van der Waals surface area contributed by atoms with Gasteiger partial charge in [-0.05, 0) is 51.2 Å². The van der Waals surface area contributed by atoms with E-state index in [1.807, 2.05) is 11.8 Å². The highest BCUT2D eigenvalue weighted by atomic mass is 32.2. The van der Waals surface area contributed by atoms with Gasteiger partial charge in [-0.25, -0.2) is 0 Å². The third-order valence-corrected chi connectivity index (χ3v) is 5.74. The molecule has 2 nitrogen and oxygen atoms in total. The van der Waals surface area contributed by atoms with Crippen LogP contribution >= 0.6 is 11.8 Å². The largest absolute Gasteiger partial charge is 0.394 e. The maximum Gasteiger partial charge on any atom is 0.0613 e. The number of thioether (sulfide) groups is 1. The first kappa shape index (κ1) is 14.4. The quantitative estimate of drug-likeness (QED) is 0.870. The number of aliphatic hydroxyl groups excluding tert-OH is 1. The molecule has 2 fully saturated rings. The van der Waals surface area contributed by atoms with Gasteiger partial charge in [0, 0.05) is 21.7 Å². The van der Waals surface area contributed by atoms with Crippen LogP contribution in [0.5, 0.6) is 0 Å². The second-order valence-electron chi connectivity index (χ2n) is 6.51. The van der Waals surface area contributed by atoms with Crippen molar-refractivity contribution in [1.82, 2.24) is 5.32 Å². The highest BCUT2D eigenvalue weighted by molar-refractivity contribution is 8.00. The van der Waals surface area contributed by atoms with Crippen LogP contribution in [0, 0.1) is 6.92 Å². The number of hydrogen-bond acceptors (Lipinski definition) is 3. The molecule has 2 unspecified atom stereocenters. The molecule has 2 aliphatic carbocycles. The van der Waals surface area contributed by atoms with Gasteiger partial charge in [0.1, 0.15) is 0 Å². The molecule has 1 aromatic rings. The highest BCUT2D eigenvalue weighted by Gasteiger charge is 2.39. The van der Waals surface area contributed by atoms with Crippen molar-refractivity contribution in [3.63, 3.8) is 0 Å². The summed E-state index contributed by atoms with van der Waals surface area (Å²) in [7, 11) is 0. The van der Waals surface area contributed by atoms with Gasteiger partial charge in [-0.15, -0.1) is 11.8 Å². The monoisotopic (exact) mass is 291 g/mol. The first-order valence-electron chi connectivity index (χ1n) is 7.81. The van der Waals surface area contributed by atoms with Gasteiger partial charge in [-0.1, -0.05) is 24.1 Å². The maximum absolute atomic E-state index is 9.87. The van der Waals surface area contributed by atoms with E-state index in [4.69, 9.17) is 0 Å². The molecule has 2 atom stereocenters. The Bertz CT molecular complexity index is 460. The second kappa shape index (κ2) is 6.08. The van der Waals surface area contributed by atoms with E-state index in [1.165, 1.54) is 36.1 Å². The molecule has 3 heteroatoms. The normalized spacial score (nSPS) is 30.4. The fourth-order valence-electron chi connectivity index (χ4n) is 3.27. The molecule has 0 saturated heterocycles. The molecule has 0 heterocycles. The Morgan fingerprint density at radius 3 is 2.90 bits per heavy atom. The molecule has 2 N–H and O–H groups in total. The molecule has 20 heavy (non-hydrogen) atoms. The number of hydrogen-bond donors (Lipinski definition) is 2. The van der Waals surface area contributed by atoms with Crippen molar-refractivity contribution in [3.05, 3.63) is 29.8 Å². The zero-order valence-electron chi connectivity index (χ0n) is 12.3. The molecule has 2 aliphatic rings. The maximum atomic E-state index is 9.87. The van der Waals surface area contributed by atoms with Crippen molar-refractivity contribution in [2.45, 2.75) is 67.2 Å². The van der Waals surface area contributed by atoms with E-state index in [-0.39, 0.29) is 12.1 Å². The Morgan fingerprint density at radius 2 is 2.20 bits per heavy atom. The van der Waals surface area contributed by atoms with Crippen molar-refractivity contribution in [2.24, 2.45) is 0 Å². The van der Waals surface area contributed by atoms with Crippen molar-refractivity contribution in [3.8, 4) is 0 Å². The average Bonchev–Trinajstić information content (AvgIpc) is 3.23. The van der Waals surface area contributed by atoms with Gasteiger partial charge in [0.25, 0.3) is 0 Å². The predicted octanol–water partition coefficient (Wildman–Crippen LogP) is 3.51. The Labute approximate surface area is 126 Å². The summed E-state index contributed by atoms with van der Waals surface area (Å²) in [5, 5.41) is 14.2. The lowest BCUT2D eigenvalue weighted by Gasteiger charge is -2.40. The summed E-state index contributed by atoms with van der Waals surface area (Å²) in [6.07, 6.45) is 7.30. The van der Waals surface area contributed by atoms with E-state index in [0.717, 1.165) is 12.8 Å². The highest BCUT2D eigenvalue weighted by Crippen LogP contribution is 2.39. The Hall–Kier alpha value is -0.510. The molecule has 0 aromatic heterocycles. The van der Waals surface area contributed by atoms with Crippen LogP contribution in [0.15, 0.2) is 29.2 Å². The molecule has 0 radical (unpaired) electrons. The van der Waals surface area contributed by atoms with Crippen LogP contribution in [0.3, 0.4) is 0 Å². The van der Waals surface area contributed by atoms with Crippen molar-refractivity contribution >= 4 is 11.8 Å². The van der Waals surface area contributed by atoms with E-state index in [2.05, 4.69) is 36.5 Å². The zero-order chi connectivity index (χ0) is 14.0. The summed E-state index contributed by atoms with van der Waals surface area (Å²) in [5.41, 5.74) is 1.32. The molecule has 0 spiro atoms. The Balaban J connectivity index is 1.64. The minimum atomic E-state index is -0.0130.